The van der Waals surface area contributed by atoms with Crippen LogP contribution in [0.5, 0.6) is 0 Å². The highest BCUT2D eigenvalue weighted by Crippen LogP contribution is 2.23. The minimum Gasteiger partial charge on any atom is -0.760 e. The maximum absolute atomic E-state index is 11.3. The van der Waals surface area contributed by atoms with Gasteiger partial charge in [-0.25, -0.2) is 0 Å². The average molecular weight is 359 g/mol. The Morgan fingerprint density at radius 2 is 2.17 bits per heavy atom. The van der Waals surface area contributed by atoms with Crippen molar-refractivity contribution >= 4 is 28.5 Å². The highest BCUT2D eigenvalue weighted by Gasteiger charge is 2.22. The Labute approximate surface area is 141 Å². The van der Waals surface area contributed by atoms with Gasteiger partial charge >= 0.3 is 0 Å². The van der Waals surface area contributed by atoms with Gasteiger partial charge in [0.05, 0.1) is 17.6 Å². The third kappa shape index (κ3) is 7.00. The largest absolute Gasteiger partial charge is 0.760 e. The second-order valence-corrected chi connectivity index (χ2v) is 5.39. The summed E-state index contributed by atoms with van der Waals surface area (Å²) < 4.78 is 23.1. The topological polar surface area (TPSA) is 151 Å². The van der Waals surface area contributed by atoms with Crippen molar-refractivity contribution in [2.24, 2.45) is 5.14 Å². The lowest BCUT2D eigenvalue weighted by Gasteiger charge is -2.32. The molecule has 1 fully saturated rings. The maximum Gasteiger partial charge on any atom is 0.292 e. The number of para-hydroxylation sites is 2. The fourth-order valence-corrected chi connectivity index (χ4v) is 2.13. The van der Waals surface area contributed by atoms with Crippen LogP contribution in [0.2, 0.25) is 0 Å². The molecule has 0 bridgehead atoms. The van der Waals surface area contributed by atoms with Crippen LogP contribution < -0.4 is 10.5 Å². The second kappa shape index (κ2) is 9.93. The Kier molecular flexibility index (Phi) is 8.26. The van der Waals surface area contributed by atoms with Crippen molar-refractivity contribution in [2.45, 2.75) is 13.0 Å². The summed E-state index contributed by atoms with van der Waals surface area (Å²) in [6.45, 7) is 3.54. The number of benzene rings is 1. The van der Waals surface area contributed by atoms with E-state index in [-0.39, 0.29) is 17.7 Å². The van der Waals surface area contributed by atoms with E-state index in [0.29, 0.717) is 31.9 Å². The third-order valence-electron chi connectivity index (χ3n) is 3.21. The minimum absolute atomic E-state index is 0.0176. The predicted molar refractivity (Wildman–Crippen MR) is 86.7 cm³/mol. The van der Waals surface area contributed by atoms with Crippen LogP contribution >= 0.6 is 0 Å². The van der Waals surface area contributed by atoms with E-state index in [9.17, 15) is 14.9 Å². The Balaban J connectivity index is 0.000000648. The van der Waals surface area contributed by atoms with Gasteiger partial charge in [-0.05, 0) is 6.07 Å². The highest BCUT2D eigenvalue weighted by molar-refractivity contribution is 7.76. The molecule has 1 aromatic rings. The fourth-order valence-electron chi connectivity index (χ4n) is 2.13. The summed E-state index contributed by atoms with van der Waals surface area (Å²) in [6.07, 6.45) is -0.160. The summed E-state index contributed by atoms with van der Waals surface area (Å²) in [4.78, 5) is 23.5. The number of anilines is 1. The zero-order valence-electron chi connectivity index (χ0n) is 13.0. The lowest BCUT2D eigenvalue weighted by molar-refractivity contribution is -0.384. The molecule has 134 valence electrons. The van der Waals surface area contributed by atoms with E-state index >= 15 is 0 Å². The van der Waals surface area contributed by atoms with Crippen molar-refractivity contribution in [3.8, 4) is 0 Å². The Morgan fingerprint density at radius 3 is 2.75 bits per heavy atom. The summed E-state index contributed by atoms with van der Waals surface area (Å²) in [5, 5.41) is 17.9. The summed E-state index contributed by atoms with van der Waals surface area (Å²) >= 11 is -2.36. The van der Waals surface area contributed by atoms with E-state index in [2.05, 4.69) is 10.5 Å². The van der Waals surface area contributed by atoms with Crippen LogP contribution in [0, 0.1) is 10.1 Å². The number of rotatable bonds is 4. The number of carbonyl (C=O) groups is 1. The van der Waals surface area contributed by atoms with Crippen molar-refractivity contribution in [2.75, 3.05) is 31.6 Å². The minimum atomic E-state index is -2.36. The van der Waals surface area contributed by atoms with Crippen molar-refractivity contribution in [1.82, 2.24) is 4.90 Å². The number of hydrogen-bond donors (Lipinski definition) is 2. The van der Waals surface area contributed by atoms with Crippen LogP contribution in [0.1, 0.15) is 6.92 Å². The van der Waals surface area contributed by atoms with Gasteiger partial charge < -0.3 is 19.5 Å². The lowest BCUT2D eigenvalue weighted by atomic mass is 10.2. The van der Waals surface area contributed by atoms with E-state index < -0.39 is 16.2 Å². The number of morpholine rings is 1. The molecule has 2 rings (SSSR count). The molecular formula is C13H19N4O6S-. The second-order valence-electron chi connectivity index (χ2n) is 4.87. The van der Waals surface area contributed by atoms with E-state index in [1.54, 1.807) is 23.1 Å². The van der Waals surface area contributed by atoms with Crippen molar-refractivity contribution in [3.05, 3.63) is 34.4 Å². The molecule has 10 nitrogen and oxygen atoms in total. The summed E-state index contributed by atoms with van der Waals surface area (Å²) in [5.41, 5.74) is 0.493. The molecule has 0 aromatic heterocycles. The average Bonchev–Trinajstić information content (AvgIpc) is 2.53. The monoisotopic (exact) mass is 359 g/mol. The predicted octanol–water partition coefficient (Wildman–Crippen LogP) is -0.00680. The summed E-state index contributed by atoms with van der Waals surface area (Å²) in [7, 11) is 0. The van der Waals surface area contributed by atoms with Crippen LogP contribution in [0.3, 0.4) is 0 Å². The van der Waals surface area contributed by atoms with Crippen molar-refractivity contribution < 1.29 is 23.2 Å². The summed E-state index contributed by atoms with van der Waals surface area (Å²) in [6, 6.07) is 6.46. The van der Waals surface area contributed by atoms with Crippen LogP contribution in [-0.2, 0) is 20.8 Å². The van der Waals surface area contributed by atoms with Gasteiger partial charge in [-0.1, -0.05) is 12.1 Å². The first-order valence-corrected chi connectivity index (χ1v) is 8.13. The number of nitro groups is 1. The Hall–Kier alpha value is -2.08. The normalized spacial score (nSPS) is 18.1. The van der Waals surface area contributed by atoms with E-state index in [0.717, 1.165) is 0 Å². The molecule has 0 radical (unpaired) electrons. The van der Waals surface area contributed by atoms with E-state index in [1.165, 1.54) is 13.0 Å². The number of amides is 1. The van der Waals surface area contributed by atoms with Crippen LogP contribution in [0.25, 0.3) is 0 Å². The quantitative estimate of drug-likeness (QED) is 0.436. The van der Waals surface area contributed by atoms with Gasteiger partial charge in [0.15, 0.2) is 0 Å². The molecule has 0 saturated carbocycles. The van der Waals surface area contributed by atoms with Gasteiger partial charge in [0.25, 0.3) is 5.69 Å². The molecule has 1 saturated heterocycles. The standard InChI is InChI=1S/C13H17N3O4.H3NO2S/c1-10(17)15-6-7-20-11(9-15)8-14-12-4-2-3-5-13(12)16(18)19;1-4(2)3/h2-5,11,14H,6-9H2,1H3;1H2,(H,2,3)/p-1. The SMILES string of the molecule is CC(=O)N1CCOC(CNc2ccccc2[N+](=O)[O-])C1.NS(=O)[O-]. The zero-order chi connectivity index (χ0) is 18.1. The first kappa shape index (κ1) is 20.0. The molecule has 2 unspecified atom stereocenters. The molecule has 0 spiro atoms. The number of nitro benzene ring substituents is 1. The van der Waals surface area contributed by atoms with Gasteiger partial charge in [0.2, 0.25) is 5.91 Å². The molecule has 2 atom stereocenters. The van der Waals surface area contributed by atoms with Crippen LogP contribution in [0.4, 0.5) is 11.4 Å². The Morgan fingerprint density at radius 1 is 1.54 bits per heavy atom. The van der Waals surface area contributed by atoms with E-state index in [4.69, 9.17) is 13.5 Å². The zero-order valence-corrected chi connectivity index (χ0v) is 13.9. The maximum atomic E-state index is 11.3. The first-order chi connectivity index (χ1) is 11.3. The van der Waals surface area contributed by atoms with Gasteiger partial charge in [0, 0.05) is 43.9 Å². The molecule has 1 amide bonds. The Bertz CT molecular complexity index is 596. The van der Waals surface area contributed by atoms with Gasteiger partial charge in [-0.15, -0.1) is 0 Å². The van der Waals surface area contributed by atoms with Crippen molar-refractivity contribution in [1.29, 1.82) is 0 Å². The molecule has 0 aliphatic carbocycles. The first-order valence-electron chi connectivity index (χ1n) is 6.99. The van der Waals surface area contributed by atoms with Crippen LogP contribution in [-0.4, -0.2) is 56.8 Å². The molecule has 1 heterocycles. The highest BCUT2D eigenvalue weighted by atomic mass is 32.2. The molecule has 1 aliphatic heterocycles. The molecule has 24 heavy (non-hydrogen) atoms. The number of nitrogens with one attached hydrogen (secondary N) is 1. The molecule has 1 aromatic carbocycles. The fraction of sp³-hybridized carbons (Fsp3) is 0.462. The number of hydrogen-bond acceptors (Lipinski definition) is 7. The molecule has 11 heteroatoms. The van der Waals surface area contributed by atoms with Gasteiger partial charge in [0.1, 0.15) is 5.69 Å². The molecular weight excluding hydrogens is 340 g/mol. The number of nitrogens with zero attached hydrogens (tertiary/aromatic N) is 2. The van der Waals surface area contributed by atoms with Crippen LogP contribution in [0.15, 0.2) is 24.3 Å². The van der Waals surface area contributed by atoms with Crippen molar-refractivity contribution in [3.63, 3.8) is 0 Å². The molecule has 3 N–H and O–H groups in total. The number of ether oxygens (including phenoxy) is 1. The third-order valence-corrected chi connectivity index (χ3v) is 3.21. The number of carbonyl (C=O) groups excluding carboxylic acids is 1. The van der Waals surface area contributed by atoms with Gasteiger partial charge in [-0.3, -0.25) is 24.3 Å². The smallest absolute Gasteiger partial charge is 0.292 e. The van der Waals surface area contributed by atoms with E-state index in [1.807, 2.05) is 0 Å². The summed E-state index contributed by atoms with van der Waals surface area (Å²) in [5.74, 6) is 0.0176. The van der Waals surface area contributed by atoms with Gasteiger partial charge in [-0.2, -0.15) is 0 Å². The lowest BCUT2D eigenvalue weighted by Crippen LogP contribution is -2.47. The number of nitrogens with two attached hydrogens (primary N) is 1. The molecule has 1 aliphatic rings.